The Morgan fingerprint density at radius 3 is 3.18 bits per heavy atom. The number of thioether (sulfide) groups is 1. The summed E-state index contributed by atoms with van der Waals surface area (Å²) < 4.78 is 0. The third-order valence-electron chi connectivity index (χ3n) is 1.98. The van der Waals surface area contributed by atoms with E-state index < -0.39 is 0 Å². The first-order valence-electron chi connectivity index (χ1n) is 4.07. The summed E-state index contributed by atoms with van der Waals surface area (Å²) in [5, 5.41) is 14.8. The highest BCUT2D eigenvalue weighted by atomic mass is 32.2. The molecule has 1 aliphatic heterocycles. The minimum atomic E-state index is 0.426. The van der Waals surface area contributed by atoms with Gasteiger partial charge >= 0.3 is 0 Å². The fourth-order valence-electron chi connectivity index (χ4n) is 1.33. The van der Waals surface area contributed by atoms with E-state index in [-0.39, 0.29) is 0 Å². The largest absolute Gasteiger partial charge is 0.634 e. The Morgan fingerprint density at radius 2 is 2.55 bits per heavy atom. The van der Waals surface area contributed by atoms with Crippen LogP contribution in [-0.2, 0) is 0 Å². The Morgan fingerprint density at radius 1 is 1.73 bits per heavy atom. The summed E-state index contributed by atoms with van der Waals surface area (Å²) in [6.07, 6.45) is 3.23. The van der Waals surface area contributed by atoms with Gasteiger partial charge in [-0.05, 0) is 18.4 Å². The van der Waals surface area contributed by atoms with E-state index in [2.05, 4.69) is 11.6 Å². The predicted octanol–water partition coefficient (Wildman–Crippen LogP) is -0.906. The molecule has 1 aliphatic rings. The monoisotopic (exact) mass is 176 g/mol. The van der Waals surface area contributed by atoms with Crippen LogP contribution in [0, 0.1) is 5.21 Å². The van der Waals surface area contributed by atoms with E-state index in [4.69, 9.17) is 0 Å². The van der Waals surface area contributed by atoms with Crippen LogP contribution in [0.5, 0.6) is 0 Å². The Labute approximate surface area is 72.1 Å². The molecule has 1 saturated heterocycles. The minimum Gasteiger partial charge on any atom is -0.634 e. The highest BCUT2D eigenvalue weighted by Gasteiger charge is 2.16. The SMILES string of the molecule is CSCCC1C[NH+]([O-])CCN1. The summed E-state index contributed by atoms with van der Waals surface area (Å²) in [6.45, 7) is 2.37. The van der Waals surface area contributed by atoms with E-state index in [1.165, 1.54) is 0 Å². The molecule has 0 amide bonds. The van der Waals surface area contributed by atoms with Crippen LogP contribution in [0.3, 0.4) is 0 Å². The van der Waals surface area contributed by atoms with Crippen LogP contribution in [0.1, 0.15) is 6.42 Å². The van der Waals surface area contributed by atoms with Crippen molar-refractivity contribution in [2.45, 2.75) is 12.5 Å². The van der Waals surface area contributed by atoms with Crippen LogP contribution in [0.4, 0.5) is 0 Å². The minimum absolute atomic E-state index is 0.426. The van der Waals surface area contributed by atoms with Crippen molar-refractivity contribution in [3.8, 4) is 0 Å². The fourth-order valence-corrected chi connectivity index (χ4v) is 1.85. The number of hydrogen-bond donors (Lipinski definition) is 2. The molecular formula is C7H16N2OS. The van der Waals surface area contributed by atoms with Gasteiger partial charge in [0, 0.05) is 6.54 Å². The van der Waals surface area contributed by atoms with Crippen molar-refractivity contribution in [2.24, 2.45) is 0 Å². The van der Waals surface area contributed by atoms with Crippen molar-refractivity contribution in [3.63, 3.8) is 0 Å². The second kappa shape index (κ2) is 4.98. The maximum absolute atomic E-state index is 11.0. The molecule has 2 N–H and O–H groups in total. The number of piperazine rings is 1. The van der Waals surface area contributed by atoms with Crippen molar-refractivity contribution < 1.29 is 5.06 Å². The summed E-state index contributed by atoms with van der Waals surface area (Å²) in [5.74, 6) is 1.16. The van der Waals surface area contributed by atoms with E-state index in [1.54, 1.807) is 0 Å². The molecule has 1 rings (SSSR count). The highest BCUT2D eigenvalue weighted by Crippen LogP contribution is 1.99. The zero-order valence-electron chi connectivity index (χ0n) is 6.93. The van der Waals surface area contributed by atoms with Gasteiger partial charge < -0.3 is 15.6 Å². The molecule has 0 aromatic heterocycles. The molecule has 0 aromatic rings. The van der Waals surface area contributed by atoms with Gasteiger partial charge in [-0.2, -0.15) is 11.8 Å². The lowest BCUT2D eigenvalue weighted by Gasteiger charge is -2.32. The van der Waals surface area contributed by atoms with Gasteiger partial charge in [-0.25, -0.2) is 0 Å². The smallest absolute Gasteiger partial charge is 0.0924 e. The second-order valence-corrected chi connectivity index (χ2v) is 3.91. The lowest BCUT2D eigenvalue weighted by molar-refractivity contribution is -0.853. The van der Waals surface area contributed by atoms with E-state index in [9.17, 15) is 5.21 Å². The average Bonchev–Trinajstić information content (AvgIpc) is 2.01. The number of hydroxylamine groups is 2. The lowest BCUT2D eigenvalue weighted by atomic mass is 10.2. The molecule has 4 heteroatoms. The van der Waals surface area contributed by atoms with Gasteiger partial charge in [0.15, 0.2) is 0 Å². The third kappa shape index (κ3) is 3.42. The Hall–Kier alpha value is 0.230. The standard InChI is InChI=1S/C7H16N2OS/c1-11-5-2-7-6-9(10)4-3-8-7/h7-9H,2-6H2,1H3. The zero-order valence-corrected chi connectivity index (χ0v) is 7.75. The van der Waals surface area contributed by atoms with Crippen molar-refractivity contribution in [3.05, 3.63) is 5.21 Å². The number of rotatable bonds is 3. The summed E-state index contributed by atoms with van der Waals surface area (Å²) >= 11 is 1.85. The van der Waals surface area contributed by atoms with Gasteiger partial charge in [0.05, 0.1) is 19.1 Å². The van der Waals surface area contributed by atoms with Gasteiger partial charge in [0.1, 0.15) is 0 Å². The average molecular weight is 176 g/mol. The number of nitrogens with one attached hydrogen (secondary N) is 2. The van der Waals surface area contributed by atoms with Crippen LogP contribution in [0.2, 0.25) is 0 Å². The molecule has 3 nitrogen and oxygen atoms in total. The quantitative estimate of drug-likeness (QED) is 0.547. The van der Waals surface area contributed by atoms with Crippen LogP contribution >= 0.6 is 11.8 Å². The highest BCUT2D eigenvalue weighted by molar-refractivity contribution is 7.98. The van der Waals surface area contributed by atoms with E-state index in [1.807, 2.05) is 11.8 Å². The van der Waals surface area contributed by atoms with Crippen molar-refractivity contribution in [1.29, 1.82) is 0 Å². The van der Waals surface area contributed by atoms with Gasteiger partial charge in [-0.3, -0.25) is 0 Å². The van der Waals surface area contributed by atoms with E-state index in [0.717, 1.165) is 31.8 Å². The third-order valence-corrected chi connectivity index (χ3v) is 2.63. The van der Waals surface area contributed by atoms with Gasteiger partial charge in [-0.15, -0.1) is 0 Å². The number of quaternary nitrogens is 1. The molecule has 2 atom stereocenters. The number of hydrogen-bond acceptors (Lipinski definition) is 3. The summed E-state index contributed by atoms with van der Waals surface area (Å²) in [6, 6.07) is 0.462. The van der Waals surface area contributed by atoms with Gasteiger partial charge in [0.25, 0.3) is 0 Å². The Balaban J connectivity index is 2.12. The van der Waals surface area contributed by atoms with E-state index >= 15 is 0 Å². The van der Waals surface area contributed by atoms with E-state index in [0.29, 0.717) is 11.1 Å². The van der Waals surface area contributed by atoms with Crippen LogP contribution in [0.25, 0.3) is 0 Å². The van der Waals surface area contributed by atoms with Crippen molar-refractivity contribution in [2.75, 3.05) is 31.6 Å². The Kier molecular flexibility index (Phi) is 4.22. The molecule has 0 bridgehead atoms. The molecule has 0 radical (unpaired) electrons. The maximum Gasteiger partial charge on any atom is 0.0924 e. The van der Waals surface area contributed by atoms with Gasteiger partial charge in [-0.1, -0.05) is 0 Å². The molecule has 0 spiro atoms. The molecule has 1 heterocycles. The second-order valence-electron chi connectivity index (χ2n) is 2.93. The molecule has 0 aromatic carbocycles. The Bertz CT molecular complexity index is 113. The molecule has 0 aliphatic carbocycles. The topological polar surface area (TPSA) is 39.5 Å². The van der Waals surface area contributed by atoms with Crippen LogP contribution < -0.4 is 10.4 Å². The first kappa shape index (κ1) is 9.32. The normalized spacial score (nSPS) is 32.2. The first-order valence-corrected chi connectivity index (χ1v) is 5.46. The van der Waals surface area contributed by atoms with Crippen LogP contribution in [-0.4, -0.2) is 37.7 Å². The molecule has 66 valence electrons. The molecule has 0 saturated carbocycles. The van der Waals surface area contributed by atoms with Gasteiger partial charge in [0.2, 0.25) is 0 Å². The van der Waals surface area contributed by atoms with Crippen molar-refractivity contribution >= 4 is 11.8 Å². The van der Waals surface area contributed by atoms with Crippen LogP contribution in [0.15, 0.2) is 0 Å². The molecule has 1 fully saturated rings. The molecule has 2 unspecified atom stereocenters. The first-order chi connectivity index (χ1) is 5.33. The summed E-state index contributed by atoms with van der Waals surface area (Å²) in [5.41, 5.74) is 0. The van der Waals surface area contributed by atoms with Crippen molar-refractivity contribution in [1.82, 2.24) is 5.32 Å². The predicted molar refractivity (Wildman–Crippen MR) is 48.9 cm³/mol. The zero-order chi connectivity index (χ0) is 8.10. The fraction of sp³-hybridized carbons (Fsp3) is 1.00. The molecule has 11 heavy (non-hydrogen) atoms. The summed E-state index contributed by atoms with van der Waals surface area (Å²) in [7, 11) is 0. The maximum atomic E-state index is 11.0. The summed E-state index contributed by atoms with van der Waals surface area (Å²) in [4.78, 5) is 0. The lowest BCUT2D eigenvalue weighted by Crippen LogP contribution is -3.11. The molecular weight excluding hydrogens is 160 g/mol.